The highest BCUT2D eigenvalue weighted by Gasteiger charge is 1.97. The minimum absolute atomic E-state index is 0.0192. The molecular weight excluding hydrogens is 226 g/mol. The van der Waals surface area contributed by atoms with Crippen LogP contribution in [0.1, 0.15) is 12.5 Å². The predicted octanol–water partition coefficient (Wildman–Crippen LogP) is 2.23. The van der Waals surface area contributed by atoms with Gasteiger partial charge in [-0.25, -0.2) is 0 Å². The molecule has 0 bridgehead atoms. The van der Waals surface area contributed by atoms with E-state index < -0.39 is 0 Å². The van der Waals surface area contributed by atoms with E-state index in [9.17, 15) is 4.79 Å². The van der Waals surface area contributed by atoms with Gasteiger partial charge in [0, 0.05) is 19.7 Å². The Morgan fingerprint density at radius 2 is 2.11 bits per heavy atom. The SMILES string of the molecule is CC(=O)NCC=Cc1ccc(-c2ccn[nH]2)cc1. The molecule has 0 aliphatic rings. The van der Waals surface area contributed by atoms with Crippen LogP contribution in [0, 0.1) is 0 Å². The molecule has 1 amide bonds. The van der Waals surface area contributed by atoms with Gasteiger partial charge in [0.25, 0.3) is 0 Å². The second-order valence-electron chi connectivity index (χ2n) is 3.93. The Kier molecular flexibility index (Phi) is 3.91. The molecule has 0 saturated heterocycles. The van der Waals surface area contributed by atoms with Crippen LogP contribution in [-0.2, 0) is 4.79 Å². The number of amides is 1. The summed E-state index contributed by atoms with van der Waals surface area (Å²) in [5.41, 5.74) is 3.21. The summed E-state index contributed by atoms with van der Waals surface area (Å²) in [6.07, 6.45) is 5.63. The Bertz CT molecular complexity index is 527. The Labute approximate surface area is 106 Å². The predicted molar refractivity (Wildman–Crippen MR) is 71.7 cm³/mol. The fourth-order valence-corrected chi connectivity index (χ4v) is 1.59. The van der Waals surface area contributed by atoms with Crippen LogP contribution >= 0.6 is 0 Å². The molecular formula is C14H15N3O. The molecule has 18 heavy (non-hydrogen) atoms. The normalized spacial score (nSPS) is 10.7. The summed E-state index contributed by atoms with van der Waals surface area (Å²) < 4.78 is 0. The molecule has 1 heterocycles. The fourth-order valence-electron chi connectivity index (χ4n) is 1.59. The van der Waals surface area contributed by atoms with Gasteiger partial charge in [0.2, 0.25) is 5.91 Å². The van der Waals surface area contributed by atoms with E-state index >= 15 is 0 Å². The lowest BCUT2D eigenvalue weighted by atomic mass is 10.1. The van der Waals surface area contributed by atoms with Crippen molar-refractivity contribution in [2.45, 2.75) is 6.92 Å². The number of carbonyl (C=O) groups is 1. The maximum absolute atomic E-state index is 10.7. The van der Waals surface area contributed by atoms with Crippen LogP contribution in [0.3, 0.4) is 0 Å². The van der Waals surface area contributed by atoms with E-state index in [0.717, 1.165) is 16.8 Å². The smallest absolute Gasteiger partial charge is 0.217 e. The van der Waals surface area contributed by atoms with Crippen molar-refractivity contribution in [1.82, 2.24) is 15.5 Å². The highest BCUT2D eigenvalue weighted by atomic mass is 16.1. The average Bonchev–Trinajstić information content (AvgIpc) is 2.89. The van der Waals surface area contributed by atoms with Gasteiger partial charge in [-0.3, -0.25) is 9.89 Å². The van der Waals surface area contributed by atoms with E-state index in [1.807, 2.05) is 42.5 Å². The summed E-state index contributed by atoms with van der Waals surface area (Å²) in [7, 11) is 0. The van der Waals surface area contributed by atoms with Crippen LogP contribution in [0.4, 0.5) is 0 Å². The molecule has 0 unspecified atom stereocenters. The quantitative estimate of drug-likeness (QED) is 0.862. The maximum Gasteiger partial charge on any atom is 0.217 e. The van der Waals surface area contributed by atoms with Crippen LogP contribution in [0.25, 0.3) is 17.3 Å². The molecule has 0 aliphatic heterocycles. The van der Waals surface area contributed by atoms with Crippen molar-refractivity contribution in [3.63, 3.8) is 0 Å². The number of carbonyl (C=O) groups excluding carboxylic acids is 1. The number of nitrogens with one attached hydrogen (secondary N) is 2. The van der Waals surface area contributed by atoms with Gasteiger partial charge in [-0.2, -0.15) is 5.10 Å². The molecule has 0 spiro atoms. The summed E-state index contributed by atoms with van der Waals surface area (Å²) >= 11 is 0. The van der Waals surface area contributed by atoms with Crippen molar-refractivity contribution < 1.29 is 4.79 Å². The second-order valence-corrected chi connectivity index (χ2v) is 3.93. The number of aromatic amines is 1. The van der Waals surface area contributed by atoms with Crippen molar-refractivity contribution >= 4 is 12.0 Å². The molecule has 2 N–H and O–H groups in total. The van der Waals surface area contributed by atoms with Crippen molar-refractivity contribution in [3.05, 3.63) is 48.2 Å². The third-order valence-electron chi connectivity index (χ3n) is 2.50. The van der Waals surface area contributed by atoms with Crippen LogP contribution in [0.2, 0.25) is 0 Å². The Hall–Kier alpha value is -2.36. The number of aromatic nitrogens is 2. The molecule has 0 radical (unpaired) electrons. The summed E-state index contributed by atoms with van der Waals surface area (Å²) in [6, 6.07) is 10.1. The zero-order valence-corrected chi connectivity index (χ0v) is 10.2. The molecule has 2 aromatic rings. The van der Waals surface area contributed by atoms with Gasteiger partial charge in [-0.05, 0) is 17.2 Å². The highest BCUT2D eigenvalue weighted by molar-refractivity contribution is 5.73. The first kappa shape index (κ1) is 12.1. The number of nitrogens with zero attached hydrogens (tertiary/aromatic N) is 1. The van der Waals surface area contributed by atoms with E-state index in [0.29, 0.717) is 6.54 Å². The zero-order chi connectivity index (χ0) is 12.8. The van der Waals surface area contributed by atoms with Crippen molar-refractivity contribution in [2.75, 3.05) is 6.54 Å². The molecule has 1 aromatic heterocycles. The summed E-state index contributed by atoms with van der Waals surface area (Å²) in [6.45, 7) is 2.06. The number of benzene rings is 1. The summed E-state index contributed by atoms with van der Waals surface area (Å²) in [4.78, 5) is 10.7. The Morgan fingerprint density at radius 1 is 1.33 bits per heavy atom. The lowest BCUT2D eigenvalue weighted by Crippen LogP contribution is -2.19. The van der Waals surface area contributed by atoms with Gasteiger partial charge in [-0.1, -0.05) is 36.4 Å². The van der Waals surface area contributed by atoms with Crippen LogP contribution in [-0.4, -0.2) is 22.6 Å². The highest BCUT2D eigenvalue weighted by Crippen LogP contribution is 2.16. The van der Waals surface area contributed by atoms with E-state index in [4.69, 9.17) is 0 Å². The third kappa shape index (κ3) is 3.31. The summed E-state index contributed by atoms with van der Waals surface area (Å²) in [5, 5.41) is 9.55. The van der Waals surface area contributed by atoms with E-state index in [-0.39, 0.29) is 5.91 Å². The molecule has 0 aliphatic carbocycles. The largest absolute Gasteiger partial charge is 0.353 e. The van der Waals surface area contributed by atoms with E-state index in [1.54, 1.807) is 6.20 Å². The molecule has 92 valence electrons. The average molecular weight is 241 g/mol. The Balaban J connectivity index is 1.98. The van der Waals surface area contributed by atoms with Crippen LogP contribution in [0.5, 0.6) is 0 Å². The lowest BCUT2D eigenvalue weighted by molar-refractivity contribution is -0.118. The Morgan fingerprint density at radius 3 is 2.72 bits per heavy atom. The topological polar surface area (TPSA) is 57.8 Å². The number of H-pyrrole nitrogens is 1. The first-order chi connectivity index (χ1) is 8.75. The van der Waals surface area contributed by atoms with Gasteiger partial charge in [0.05, 0.1) is 5.69 Å². The standard InChI is InChI=1S/C14H15N3O/c1-11(18)15-9-2-3-12-4-6-13(7-5-12)14-8-10-16-17-14/h2-8,10H,9H2,1H3,(H,15,18)(H,16,17). The fraction of sp³-hybridized carbons (Fsp3) is 0.143. The molecule has 4 heteroatoms. The molecule has 0 saturated carbocycles. The molecule has 1 aromatic carbocycles. The molecule has 0 fully saturated rings. The van der Waals surface area contributed by atoms with E-state index in [2.05, 4.69) is 15.5 Å². The monoisotopic (exact) mass is 241 g/mol. The first-order valence-corrected chi connectivity index (χ1v) is 5.76. The minimum Gasteiger partial charge on any atom is -0.353 e. The molecule has 2 rings (SSSR count). The lowest BCUT2D eigenvalue weighted by Gasteiger charge is -1.99. The minimum atomic E-state index is -0.0192. The first-order valence-electron chi connectivity index (χ1n) is 5.76. The zero-order valence-electron chi connectivity index (χ0n) is 10.2. The van der Waals surface area contributed by atoms with Gasteiger partial charge < -0.3 is 5.32 Å². The number of hydrogen-bond acceptors (Lipinski definition) is 2. The van der Waals surface area contributed by atoms with Crippen LogP contribution < -0.4 is 5.32 Å². The van der Waals surface area contributed by atoms with Gasteiger partial charge >= 0.3 is 0 Å². The summed E-state index contributed by atoms with van der Waals surface area (Å²) in [5.74, 6) is -0.0192. The third-order valence-corrected chi connectivity index (χ3v) is 2.50. The van der Waals surface area contributed by atoms with Crippen molar-refractivity contribution in [2.24, 2.45) is 0 Å². The second kappa shape index (κ2) is 5.82. The van der Waals surface area contributed by atoms with Gasteiger partial charge in [0.1, 0.15) is 0 Å². The molecule has 4 nitrogen and oxygen atoms in total. The molecule has 0 atom stereocenters. The van der Waals surface area contributed by atoms with E-state index in [1.165, 1.54) is 6.92 Å². The van der Waals surface area contributed by atoms with Gasteiger partial charge in [0.15, 0.2) is 0 Å². The number of hydrogen-bond donors (Lipinski definition) is 2. The maximum atomic E-state index is 10.7. The number of rotatable bonds is 4. The van der Waals surface area contributed by atoms with Crippen molar-refractivity contribution in [1.29, 1.82) is 0 Å². The van der Waals surface area contributed by atoms with Gasteiger partial charge in [-0.15, -0.1) is 0 Å². The van der Waals surface area contributed by atoms with Crippen LogP contribution in [0.15, 0.2) is 42.6 Å². The van der Waals surface area contributed by atoms with Crippen molar-refractivity contribution in [3.8, 4) is 11.3 Å².